The number of hydrogen-bond donors (Lipinski definition) is 1. The number of amides is 1. The van der Waals surface area contributed by atoms with Crippen molar-refractivity contribution in [2.75, 3.05) is 32.6 Å². The molecule has 1 aliphatic rings. The van der Waals surface area contributed by atoms with E-state index in [0.717, 1.165) is 5.56 Å². The van der Waals surface area contributed by atoms with Crippen molar-refractivity contribution < 1.29 is 22.7 Å². The predicted octanol–water partition coefficient (Wildman–Crippen LogP) is 3.71. The Labute approximate surface area is 182 Å². The van der Waals surface area contributed by atoms with E-state index in [-0.39, 0.29) is 17.3 Å². The summed E-state index contributed by atoms with van der Waals surface area (Å²) in [5, 5.41) is 3.45. The van der Waals surface area contributed by atoms with Crippen molar-refractivity contribution >= 4 is 33.2 Å². The van der Waals surface area contributed by atoms with Crippen LogP contribution in [0.3, 0.4) is 0 Å². The molecule has 1 saturated heterocycles. The molecule has 1 heterocycles. The number of anilines is 1. The highest BCUT2D eigenvalue weighted by molar-refractivity contribution is 7.89. The zero-order chi connectivity index (χ0) is 21.9. The smallest absolute Gasteiger partial charge is 0.243 e. The van der Waals surface area contributed by atoms with Crippen molar-refractivity contribution in [1.29, 1.82) is 0 Å². The summed E-state index contributed by atoms with van der Waals surface area (Å²) in [7, 11) is -0.838. The van der Waals surface area contributed by atoms with E-state index in [1.54, 1.807) is 24.3 Å². The molecule has 1 N–H and O–H groups in total. The van der Waals surface area contributed by atoms with Gasteiger partial charge < -0.3 is 14.8 Å². The molecule has 0 spiro atoms. The Morgan fingerprint density at radius 3 is 2.60 bits per heavy atom. The number of methoxy groups -OCH3 is 2. The van der Waals surface area contributed by atoms with E-state index in [1.165, 1.54) is 30.7 Å². The van der Waals surface area contributed by atoms with Crippen molar-refractivity contribution in [3.63, 3.8) is 0 Å². The Morgan fingerprint density at radius 2 is 1.90 bits per heavy atom. The highest BCUT2D eigenvalue weighted by atomic mass is 35.5. The number of carbonyl (C=O) groups excluding carboxylic acids is 1. The maximum absolute atomic E-state index is 13.2. The van der Waals surface area contributed by atoms with Crippen molar-refractivity contribution in [1.82, 2.24) is 4.31 Å². The molecule has 3 rings (SSSR count). The maximum Gasteiger partial charge on any atom is 0.243 e. The minimum Gasteiger partial charge on any atom is -0.493 e. The Hall–Kier alpha value is -2.29. The highest BCUT2D eigenvalue weighted by Gasteiger charge is 2.34. The third-order valence-corrected chi connectivity index (χ3v) is 7.54. The first-order valence-electron chi connectivity index (χ1n) is 9.56. The fraction of sp³-hybridized carbons (Fsp3) is 0.381. The van der Waals surface area contributed by atoms with Crippen molar-refractivity contribution in [2.24, 2.45) is 5.92 Å². The third kappa shape index (κ3) is 4.55. The van der Waals surface area contributed by atoms with Gasteiger partial charge in [-0.25, -0.2) is 8.42 Å². The number of halogens is 1. The van der Waals surface area contributed by atoms with E-state index in [1.807, 2.05) is 6.92 Å². The van der Waals surface area contributed by atoms with Gasteiger partial charge in [-0.3, -0.25) is 4.79 Å². The average Bonchev–Trinajstić information content (AvgIpc) is 2.76. The molecule has 0 saturated carbocycles. The van der Waals surface area contributed by atoms with Crippen LogP contribution in [-0.2, 0) is 14.8 Å². The van der Waals surface area contributed by atoms with Gasteiger partial charge in [0.05, 0.1) is 25.0 Å². The SMILES string of the molecule is COc1ccc(S(=O)(=O)N2CCCC(C(=O)Nc3cccc(Cl)c3C)C2)cc1OC. The number of ether oxygens (including phenoxy) is 2. The number of nitrogens with one attached hydrogen (secondary N) is 1. The average molecular weight is 453 g/mol. The molecule has 0 aliphatic carbocycles. The van der Waals surface area contributed by atoms with E-state index in [2.05, 4.69) is 5.32 Å². The lowest BCUT2D eigenvalue weighted by molar-refractivity contribution is -0.120. The zero-order valence-corrected chi connectivity index (χ0v) is 18.7. The molecule has 0 radical (unpaired) electrons. The number of piperidine rings is 1. The van der Waals surface area contributed by atoms with Crippen LogP contribution in [0.15, 0.2) is 41.3 Å². The van der Waals surface area contributed by atoms with Crippen molar-refractivity contribution in [3.05, 3.63) is 47.0 Å². The fourth-order valence-electron chi connectivity index (χ4n) is 3.48. The van der Waals surface area contributed by atoms with Gasteiger partial charge in [-0.05, 0) is 49.6 Å². The highest BCUT2D eigenvalue weighted by Crippen LogP contribution is 2.32. The molecule has 162 valence electrons. The predicted molar refractivity (Wildman–Crippen MR) is 116 cm³/mol. The first-order chi connectivity index (χ1) is 14.3. The molecule has 1 atom stereocenters. The molecule has 9 heteroatoms. The van der Waals surface area contributed by atoms with Crippen LogP contribution in [0.2, 0.25) is 5.02 Å². The van der Waals surface area contributed by atoms with Gasteiger partial charge in [0.25, 0.3) is 0 Å². The van der Waals surface area contributed by atoms with E-state index < -0.39 is 15.9 Å². The Bertz CT molecular complexity index is 1040. The minimum absolute atomic E-state index is 0.104. The van der Waals surface area contributed by atoms with Crippen molar-refractivity contribution in [2.45, 2.75) is 24.7 Å². The second kappa shape index (κ2) is 9.24. The molecule has 0 bridgehead atoms. The minimum atomic E-state index is -3.78. The van der Waals surface area contributed by atoms with Crippen LogP contribution in [0.5, 0.6) is 11.5 Å². The van der Waals surface area contributed by atoms with Gasteiger partial charge in [-0.2, -0.15) is 4.31 Å². The second-order valence-corrected chi connectivity index (χ2v) is 9.47. The maximum atomic E-state index is 13.2. The molecule has 1 unspecified atom stereocenters. The molecule has 1 amide bonds. The van der Waals surface area contributed by atoms with E-state index >= 15 is 0 Å². The van der Waals surface area contributed by atoms with Gasteiger partial charge in [-0.15, -0.1) is 0 Å². The lowest BCUT2D eigenvalue weighted by Gasteiger charge is -2.31. The van der Waals surface area contributed by atoms with Gasteiger partial charge in [0.1, 0.15) is 0 Å². The summed E-state index contributed by atoms with van der Waals surface area (Å²) in [5.74, 6) is 0.116. The molecular weight excluding hydrogens is 428 g/mol. The summed E-state index contributed by atoms with van der Waals surface area (Å²) in [6.45, 7) is 2.30. The Kier molecular flexibility index (Phi) is 6.90. The molecule has 2 aromatic rings. The second-order valence-electron chi connectivity index (χ2n) is 7.12. The molecule has 0 aromatic heterocycles. The van der Waals surface area contributed by atoms with Crippen LogP contribution in [0.25, 0.3) is 0 Å². The number of benzene rings is 2. The number of nitrogens with zero attached hydrogens (tertiary/aromatic N) is 1. The number of sulfonamides is 1. The first-order valence-corrected chi connectivity index (χ1v) is 11.4. The topological polar surface area (TPSA) is 84.9 Å². The van der Waals surface area contributed by atoms with E-state index in [0.29, 0.717) is 41.6 Å². The summed E-state index contributed by atoms with van der Waals surface area (Å²) < 4.78 is 38.1. The number of rotatable bonds is 6. The summed E-state index contributed by atoms with van der Waals surface area (Å²) >= 11 is 6.12. The molecule has 1 fully saturated rings. The van der Waals surface area contributed by atoms with Gasteiger partial charge >= 0.3 is 0 Å². The summed E-state index contributed by atoms with van der Waals surface area (Å²) in [6, 6.07) is 9.77. The van der Waals surface area contributed by atoms with Crippen LogP contribution in [0.1, 0.15) is 18.4 Å². The molecular formula is C21H25ClN2O5S. The zero-order valence-electron chi connectivity index (χ0n) is 17.1. The summed E-state index contributed by atoms with van der Waals surface area (Å²) in [6.07, 6.45) is 1.21. The lowest BCUT2D eigenvalue weighted by Crippen LogP contribution is -2.43. The van der Waals surface area contributed by atoms with Crippen LogP contribution in [0.4, 0.5) is 5.69 Å². The van der Waals surface area contributed by atoms with Gasteiger partial charge in [0, 0.05) is 29.9 Å². The molecule has 30 heavy (non-hydrogen) atoms. The molecule has 2 aromatic carbocycles. The number of hydrogen-bond acceptors (Lipinski definition) is 5. The van der Waals surface area contributed by atoms with E-state index in [4.69, 9.17) is 21.1 Å². The van der Waals surface area contributed by atoms with E-state index in [9.17, 15) is 13.2 Å². The van der Waals surface area contributed by atoms with Crippen LogP contribution in [0, 0.1) is 12.8 Å². The summed E-state index contributed by atoms with van der Waals surface area (Å²) in [4.78, 5) is 12.9. The quantitative estimate of drug-likeness (QED) is 0.722. The standard InChI is InChI=1S/C21H25ClN2O5S/c1-14-17(22)7-4-8-18(14)23-21(25)15-6-5-11-24(13-15)30(26,27)16-9-10-19(28-2)20(12-16)29-3/h4,7-10,12,15H,5-6,11,13H2,1-3H3,(H,23,25). The lowest BCUT2D eigenvalue weighted by atomic mass is 9.98. The number of carbonyl (C=O) groups is 1. The van der Waals surface area contributed by atoms with Crippen molar-refractivity contribution in [3.8, 4) is 11.5 Å². The summed E-state index contributed by atoms with van der Waals surface area (Å²) in [5.41, 5.74) is 1.41. The first kappa shape index (κ1) is 22.4. The normalized spacial score (nSPS) is 17.4. The fourth-order valence-corrected chi connectivity index (χ4v) is 5.19. The Morgan fingerprint density at radius 1 is 1.17 bits per heavy atom. The van der Waals surface area contributed by atoms with Gasteiger partial charge in [0.2, 0.25) is 15.9 Å². The largest absolute Gasteiger partial charge is 0.493 e. The van der Waals surface area contributed by atoms with Gasteiger partial charge in [-0.1, -0.05) is 17.7 Å². The van der Waals surface area contributed by atoms with Crippen LogP contribution < -0.4 is 14.8 Å². The third-order valence-electron chi connectivity index (χ3n) is 5.27. The van der Waals surface area contributed by atoms with Crippen LogP contribution >= 0.6 is 11.6 Å². The van der Waals surface area contributed by atoms with Crippen LogP contribution in [-0.4, -0.2) is 45.9 Å². The Balaban J connectivity index is 1.78. The molecule has 1 aliphatic heterocycles. The van der Waals surface area contributed by atoms with Gasteiger partial charge in [0.15, 0.2) is 11.5 Å². The monoisotopic (exact) mass is 452 g/mol. The molecule has 7 nitrogen and oxygen atoms in total.